The zero-order valence-corrected chi connectivity index (χ0v) is 10.2. The molecule has 0 aromatic rings. The number of carbonyl (C=O) groups excluding carboxylic acids is 2. The summed E-state index contributed by atoms with van der Waals surface area (Å²) in [7, 11) is 1.85. The Morgan fingerprint density at radius 3 is 2.53 bits per heavy atom. The van der Waals surface area contributed by atoms with Gasteiger partial charge in [0.05, 0.1) is 5.60 Å². The second kappa shape index (κ2) is 5.97. The maximum atomic E-state index is 11.2. The third-order valence-electron chi connectivity index (χ3n) is 3.08. The minimum atomic E-state index is -0.827. The van der Waals surface area contributed by atoms with Gasteiger partial charge < -0.3 is 15.7 Å². The fourth-order valence-corrected chi connectivity index (χ4v) is 2.27. The number of urea groups is 1. The van der Waals surface area contributed by atoms with Gasteiger partial charge in [0.25, 0.3) is 0 Å². The average Bonchev–Trinajstić information content (AvgIpc) is 2.61. The Labute approximate surface area is 101 Å². The first-order valence-electron chi connectivity index (χ1n) is 5.91. The molecule has 3 amide bonds. The summed E-state index contributed by atoms with van der Waals surface area (Å²) in [6, 6.07) is -0.827. The molecule has 0 bridgehead atoms. The van der Waals surface area contributed by atoms with E-state index in [1.165, 1.54) is 0 Å². The minimum Gasteiger partial charge on any atom is -0.389 e. The first-order chi connectivity index (χ1) is 7.91. The number of nitrogens with two attached hydrogens (primary N) is 1. The molecular formula is C11H21N3O3. The molecule has 0 aromatic heterocycles. The molecular weight excluding hydrogens is 222 g/mol. The Bertz CT molecular complexity index is 288. The monoisotopic (exact) mass is 243 g/mol. The summed E-state index contributed by atoms with van der Waals surface area (Å²) in [4.78, 5) is 23.5. The Balaban J connectivity index is 2.23. The van der Waals surface area contributed by atoms with Crippen LogP contribution in [0.1, 0.15) is 32.1 Å². The van der Waals surface area contributed by atoms with Gasteiger partial charge in [-0.2, -0.15) is 0 Å². The van der Waals surface area contributed by atoms with Gasteiger partial charge in [0, 0.05) is 19.5 Å². The summed E-state index contributed by atoms with van der Waals surface area (Å²) in [5.74, 6) is -0.386. The van der Waals surface area contributed by atoms with Gasteiger partial charge in [-0.1, -0.05) is 12.8 Å². The number of nitrogens with one attached hydrogen (secondary N) is 1. The van der Waals surface area contributed by atoms with Gasteiger partial charge in [-0.3, -0.25) is 10.1 Å². The van der Waals surface area contributed by atoms with E-state index >= 15 is 0 Å². The number of primary amides is 1. The summed E-state index contributed by atoms with van der Waals surface area (Å²) in [6.07, 6.45) is 3.98. The number of amides is 3. The largest absolute Gasteiger partial charge is 0.389 e. The Kier molecular flexibility index (Phi) is 4.89. The molecule has 1 saturated carbocycles. The van der Waals surface area contributed by atoms with Gasteiger partial charge in [-0.05, 0) is 19.9 Å². The lowest BCUT2D eigenvalue weighted by Gasteiger charge is -2.28. The maximum absolute atomic E-state index is 11.2. The molecule has 0 saturated heterocycles. The van der Waals surface area contributed by atoms with Crippen molar-refractivity contribution in [1.82, 2.24) is 10.2 Å². The SMILES string of the molecule is CN(CCC(=O)NC(N)=O)CC1(O)CCCC1. The van der Waals surface area contributed by atoms with E-state index in [0.717, 1.165) is 25.7 Å². The molecule has 1 aliphatic carbocycles. The normalized spacial score (nSPS) is 18.3. The van der Waals surface area contributed by atoms with Crippen LogP contribution < -0.4 is 11.1 Å². The lowest BCUT2D eigenvalue weighted by molar-refractivity contribution is -0.120. The van der Waals surface area contributed by atoms with Gasteiger partial charge in [0.1, 0.15) is 0 Å². The van der Waals surface area contributed by atoms with Gasteiger partial charge in [0.2, 0.25) is 5.91 Å². The van der Waals surface area contributed by atoms with E-state index in [1.54, 1.807) is 0 Å². The molecule has 0 aliphatic heterocycles. The number of imide groups is 1. The van der Waals surface area contributed by atoms with Crippen molar-refractivity contribution in [2.75, 3.05) is 20.1 Å². The summed E-state index contributed by atoms with van der Waals surface area (Å²) >= 11 is 0. The van der Waals surface area contributed by atoms with E-state index in [-0.39, 0.29) is 12.3 Å². The van der Waals surface area contributed by atoms with E-state index < -0.39 is 11.6 Å². The van der Waals surface area contributed by atoms with E-state index in [2.05, 4.69) is 0 Å². The molecule has 0 spiro atoms. The number of rotatable bonds is 5. The molecule has 1 aliphatic rings. The second-order valence-electron chi connectivity index (χ2n) is 4.83. The highest BCUT2D eigenvalue weighted by atomic mass is 16.3. The number of hydrogen-bond donors (Lipinski definition) is 3. The van der Waals surface area contributed by atoms with Crippen molar-refractivity contribution in [3.63, 3.8) is 0 Å². The van der Waals surface area contributed by atoms with Gasteiger partial charge in [-0.25, -0.2) is 4.79 Å². The Morgan fingerprint density at radius 1 is 1.41 bits per heavy atom. The lowest BCUT2D eigenvalue weighted by Crippen LogP contribution is -2.41. The zero-order chi connectivity index (χ0) is 12.9. The Hall–Kier alpha value is -1.14. The lowest BCUT2D eigenvalue weighted by atomic mass is 10.0. The quantitative estimate of drug-likeness (QED) is 0.623. The first-order valence-corrected chi connectivity index (χ1v) is 5.91. The molecule has 6 nitrogen and oxygen atoms in total. The van der Waals surface area contributed by atoms with Crippen molar-refractivity contribution < 1.29 is 14.7 Å². The summed E-state index contributed by atoms with van der Waals surface area (Å²) in [5, 5.41) is 12.2. The molecule has 0 unspecified atom stereocenters. The summed E-state index contributed by atoms with van der Waals surface area (Å²) < 4.78 is 0. The Morgan fingerprint density at radius 2 is 2.00 bits per heavy atom. The molecule has 6 heteroatoms. The van der Waals surface area contributed by atoms with Crippen LogP contribution >= 0.6 is 0 Å². The standard InChI is InChI=1S/C11H21N3O3/c1-14(7-4-9(15)13-10(12)16)8-11(17)5-2-3-6-11/h17H,2-8H2,1H3,(H3,12,13,15,16). The van der Waals surface area contributed by atoms with Crippen LogP contribution in [0.4, 0.5) is 4.79 Å². The molecule has 1 fully saturated rings. The van der Waals surface area contributed by atoms with Crippen LogP contribution in [0.5, 0.6) is 0 Å². The molecule has 98 valence electrons. The van der Waals surface area contributed by atoms with Crippen LogP contribution in [-0.2, 0) is 4.79 Å². The first kappa shape index (κ1) is 13.9. The third-order valence-corrected chi connectivity index (χ3v) is 3.08. The molecule has 4 N–H and O–H groups in total. The van der Waals surface area contributed by atoms with Crippen molar-refractivity contribution in [2.24, 2.45) is 5.73 Å². The van der Waals surface area contributed by atoms with Gasteiger partial charge in [0.15, 0.2) is 0 Å². The number of aliphatic hydroxyl groups is 1. The van der Waals surface area contributed by atoms with Crippen LogP contribution in [0.15, 0.2) is 0 Å². The number of likely N-dealkylation sites (N-methyl/N-ethyl adjacent to an activating group) is 1. The summed E-state index contributed by atoms with van der Waals surface area (Å²) in [6.45, 7) is 1.07. The van der Waals surface area contributed by atoms with Gasteiger partial charge >= 0.3 is 6.03 Å². The maximum Gasteiger partial charge on any atom is 0.318 e. The van der Waals surface area contributed by atoms with Crippen LogP contribution in [0.2, 0.25) is 0 Å². The van der Waals surface area contributed by atoms with E-state index in [9.17, 15) is 14.7 Å². The van der Waals surface area contributed by atoms with E-state index in [4.69, 9.17) is 5.73 Å². The molecule has 0 atom stereocenters. The van der Waals surface area contributed by atoms with E-state index in [0.29, 0.717) is 13.1 Å². The van der Waals surface area contributed by atoms with Crippen molar-refractivity contribution in [2.45, 2.75) is 37.7 Å². The predicted octanol–water partition coefficient (Wildman–Crippen LogP) is -0.192. The number of nitrogens with zero attached hydrogens (tertiary/aromatic N) is 1. The third kappa shape index (κ3) is 5.14. The van der Waals surface area contributed by atoms with Crippen molar-refractivity contribution >= 4 is 11.9 Å². The average molecular weight is 243 g/mol. The number of hydrogen-bond acceptors (Lipinski definition) is 4. The van der Waals surface area contributed by atoms with Crippen molar-refractivity contribution in [3.8, 4) is 0 Å². The predicted molar refractivity (Wildman–Crippen MR) is 63.3 cm³/mol. The van der Waals surface area contributed by atoms with Crippen molar-refractivity contribution in [3.05, 3.63) is 0 Å². The fraction of sp³-hybridized carbons (Fsp3) is 0.818. The topological polar surface area (TPSA) is 95.7 Å². The molecule has 1 rings (SSSR count). The van der Waals surface area contributed by atoms with Crippen LogP contribution in [-0.4, -0.2) is 47.7 Å². The zero-order valence-electron chi connectivity index (χ0n) is 10.2. The number of carbonyl (C=O) groups is 2. The van der Waals surface area contributed by atoms with Crippen LogP contribution in [0, 0.1) is 0 Å². The van der Waals surface area contributed by atoms with Crippen molar-refractivity contribution in [1.29, 1.82) is 0 Å². The molecule has 0 radical (unpaired) electrons. The van der Waals surface area contributed by atoms with E-state index in [1.807, 2.05) is 17.3 Å². The smallest absolute Gasteiger partial charge is 0.318 e. The summed E-state index contributed by atoms with van der Waals surface area (Å²) in [5.41, 5.74) is 4.23. The minimum absolute atomic E-state index is 0.204. The highest BCUT2D eigenvalue weighted by Crippen LogP contribution is 2.29. The highest BCUT2D eigenvalue weighted by molar-refractivity contribution is 5.93. The molecule has 0 aromatic carbocycles. The second-order valence-corrected chi connectivity index (χ2v) is 4.83. The highest BCUT2D eigenvalue weighted by Gasteiger charge is 2.32. The molecule has 0 heterocycles. The van der Waals surface area contributed by atoms with Gasteiger partial charge in [-0.15, -0.1) is 0 Å². The van der Waals surface area contributed by atoms with Crippen LogP contribution in [0.3, 0.4) is 0 Å². The molecule has 17 heavy (non-hydrogen) atoms. The fourth-order valence-electron chi connectivity index (χ4n) is 2.27. The van der Waals surface area contributed by atoms with Crippen LogP contribution in [0.25, 0.3) is 0 Å².